The van der Waals surface area contributed by atoms with Gasteiger partial charge in [-0.05, 0) is 35.9 Å². The molecule has 0 bridgehead atoms. The molecule has 0 spiro atoms. The third-order valence-corrected chi connectivity index (χ3v) is 3.29. The number of halogens is 2. The summed E-state index contributed by atoms with van der Waals surface area (Å²) in [5, 5.41) is 4.47. The van der Waals surface area contributed by atoms with E-state index in [1.165, 1.54) is 5.56 Å². The fraction of sp³-hybridized carbons (Fsp3) is 0.250. The molecule has 4 heteroatoms. The Bertz CT molecular complexity index is 567. The van der Waals surface area contributed by atoms with Crippen LogP contribution in [0.3, 0.4) is 0 Å². The van der Waals surface area contributed by atoms with Crippen LogP contribution in [0.2, 0.25) is 10.0 Å². The summed E-state index contributed by atoms with van der Waals surface area (Å²) < 4.78 is 5.73. The van der Waals surface area contributed by atoms with Gasteiger partial charge in [-0.2, -0.15) is 0 Å². The first-order valence-corrected chi connectivity index (χ1v) is 7.25. The minimum absolute atomic E-state index is 0.471. The standard InChI is InChI=1S/C16H17Cl2NO/c1-11(2)19-10-12-3-6-14(7-4-12)20-16-8-5-13(17)9-15(16)18/h3-9,11,19H,10H2,1-2H3. The zero-order valence-electron chi connectivity index (χ0n) is 11.5. The van der Waals surface area contributed by atoms with Gasteiger partial charge < -0.3 is 10.1 Å². The number of ether oxygens (including phenoxy) is 1. The molecule has 0 amide bonds. The zero-order chi connectivity index (χ0) is 14.5. The predicted octanol–water partition coefficient (Wildman–Crippen LogP) is 5.28. The summed E-state index contributed by atoms with van der Waals surface area (Å²) in [5.41, 5.74) is 1.22. The van der Waals surface area contributed by atoms with Gasteiger partial charge in [0.2, 0.25) is 0 Å². The van der Waals surface area contributed by atoms with Gasteiger partial charge in [0, 0.05) is 17.6 Å². The average Bonchev–Trinajstić information content (AvgIpc) is 2.41. The topological polar surface area (TPSA) is 21.3 Å². The van der Waals surface area contributed by atoms with Gasteiger partial charge in [-0.1, -0.05) is 49.2 Å². The molecule has 0 aromatic heterocycles. The summed E-state index contributed by atoms with van der Waals surface area (Å²) in [5.74, 6) is 1.35. The molecule has 0 aliphatic carbocycles. The second-order valence-corrected chi connectivity index (χ2v) is 5.70. The number of hydrogen-bond donors (Lipinski definition) is 1. The summed E-state index contributed by atoms with van der Waals surface area (Å²) in [6.07, 6.45) is 0. The number of benzene rings is 2. The van der Waals surface area contributed by atoms with E-state index in [4.69, 9.17) is 27.9 Å². The molecule has 20 heavy (non-hydrogen) atoms. The molecule has 0 unspecified atom stereocenters. The maximum atomic E-state index is 6.08. The van der Waals surface area contributed by atoms with Crippen molar-refractivity contribution in [2.75, 3.05) is 0 Å². The van der Waals surface area contributed by atoms with Crippen molar-refractivity contribution in [1.82, 2.24) is 5.32 Å². The number of rotatable bonds is 5. The van der Waals surface area contributed by atoms with E-state index in [1.54, 1.807) is 18.2 Å². The lowest BCUT2D eigenvalue weighted by Gasteiger charge is -2.10. The lowest BCUT2D eigenvalue weighted by molar-refractivity contribution is 0.482. The largest absolute Gasteiger partial charge is 0.456 e. The summed E-state index contributed by atoms with van der Waals surface area (Å²) in [6.45, 7) is 5.10. The van der Waals surface area contributed by atoms with Crippen LogP contribution in [0.15, 0.2) is 42.5 Å². The molecule has 2 aromatic rings. The quantitative estimate of drug-likeness (QED) is 0.811. The van der Waals surface area contributed by atoms with Crippen molar-refractivity contribution >= 4 is 23.2 Å². The van der Waals surface area contributed by atoms with E-state index in [0.717, 1.165) is 12.3 Å². The van der Waals surface area contributed by atoms with Crippen LogP contribution >= 0.6 is 23.2 Å². The summed E-state index contributed by atoms with van der Waals surface area (Å²) in [6, 6.07) is 13.6. The summed E-state index contributed by atoms with van der Waals surface area (Å²) in [4.78, 5) is 0. The van der Waals surface area contributed by atoms with E-state index in [2.05, 4.69) is 19.2 Å². The van der Waals surface area contributed by atoms with Gasteiger partial charge in [0.1, 0.15) is 11.5 Å². The molecule has 0 saturated carbocycles. The molecule has 2 nitrogen and oxygen atoms in total. The van der Waals surface area contributed by atoms with Gasteiger partial charge >= 0.3 is 0 Å². The maximum absolute atomic E-state index is 6.08. The van der Waals surface area contributed by atoms with Gasteiger partial charge in [-0.3, -0.25) is 0 Å². The predicted molar refractivity (Wildman–Crippen MR) is 85.0 cm³/mol. The molecule has 0 fully saturated rings. The van der Waals surface area contributed by atoms with E-state index < -0.39 is 0 Å². The second-order valence-electron chi connectivity index (χ2n) is 4.86. The van der Waals surface area contributed by atoms with Crippen LogP contribution in [0.5, 0.6) is 11.5 Å². The summed E-state index contributed by atoms with van der Waals surface area (Å²) in [7, 11) is 0. The minimum atomic E-state index is 0.471. The Morgan fingerprint density at radius 2 is 1.75 bits per heavy atom. The van der Waals surface area contributed by atoms with Crippen LogP contribution < -0.4 is 10.1 Å². The van der Waals surface area contributed by atoms with Crippen molar-refractivity contribution in [3.05, 3.63) is 58.1 Å². The van der Waals surface area contributed by atoms with Crippen molar-refractivity contribution in [2.24, 2.45) is 0 Å². The van der Waals surface area contributed by atoms with Crippen LogP contribution in [-0.2, 0) is 6.54 Å². The van der Waals surface area contributed by atoms with Crippen LogP contribution in [0.1, 0.15) is 19.4 Å². The molecule has 0 saturated heterocycles. The fourth-order valence-corrected chi connectivity index (χ4v) is 2.13. The smallest absolute Gasteiger partial charge is 0.146 e. The minimum Gasteiger partial charge on any atom is -0.456 e. The molecule has 0 aliphatic heterocycles. The van der Waals surface area contributed by atoms with Crippen molar-refractivity contribution in [3.63, 3.8) is 0 Å². The highest BCUT2D eigenvalue weighted by molar-refractivity contribution is 6.35. The van der Waals surface area contributed by atoms with Crippen LogP contribution in [0.4, 0.5) is 0 Å². The molecular formula is C16H17Cl2NO. The molecule has 106 valence electrons. The first-order chi connectivity index (χ1) is 9.54. The van der Waals surface area contributed by atoms with E-state index in [-0.39, 0.29) is 0 Å². The SMILES string of the molecule is CC(C)NCc1ccc(Oc2ccc(Cl)cc2Cl)cc1. The molecular weight excluding hydrogens is 293 g/mol. The Kier molecular flexibility index (Phi) is 5.30. The fourth-order valence-electron chi connectivity index (χ4n) is 1.68. The highest BCUT2D eigenvalue weighted by Gasteiger charge is 2.04. The lowest BCUT2D eigenvalue weighted by Crippen LogP contribution is -2.21. The third kappa shape index (κ3) is 4.41. The normalized spacial score (nSPS) is 10.8. The highest BCUT2D eigenvalue weighted by Crippen LogP contribution is 2.31. The molecule has 0 aliphatic rings. The Balaban J connectivity index is 2.03. The highest BCUT2D eigenvalue weighted by atomic mass is 35.5. The van der Waals surface area contributed by atoms with E-state index in [9.17, 15) is 0 Å². The molecule has 0 atom stereocenters. The molecule has 0 radical (unpaired) electrons. The molecule has 0 heterocycles. The number of nitrogens with one attached hydrogen (secondary N) is 1. The van der Waals surface area contributed by atoms with Crippen molar-refractivity contribution in [2.45, 2.75) is 26.4 Å². The zero-order valence-corrected chi connectivity index (χ0v) is 13.0. The van der Waals surface area contributed by atoms with Gasteiger partial charge in [0.15, 0.2) is 0 Å². The summed E-state index contributed by atoms with van der Waals surface area (Å²) >= 11 is 11.9. The first-order valence-electron chi connectivity index (χ1n) is 6.50. The average molecular weight is 310 g/mol. The van der Waals surface area contributed by atoms with Crippen molar-refractivity contribution in [1.29, 1.82) is 0 Å². The van der Waals surface area contributed by atoms with E-state index in [1.807, 2.05) is 24.3 Å². The monoisotopic (exact) mass is 309 g/mol. The molecule has 1 N–H and O–H groups in total. The van der Waals surface area contributed by atoms with Crippen LogP contribution in [-0.4, -0.2) is 6.04 Å². The molecule has 2 aromatic carbocycles. The van der Waals surface area contributed by atoms with Crippen molar-refractivity contribution < 1.29 is 4.74 Å². The Labute approximate surface area is 129 Å². The van der Waals surface area contributed by atoms with E-state index >= 15 is 0 Å². The number of hydrogen-bond acceptors (Lipinski definition) is 2. The van der Waals surface area contributed by atoms with Gasteiger partial charge in [-0.15, -0.1) is 0 Å². The van der Waals surface area contributed by atoms with Crippen LogP contribution in [0, 0.1) is 0 Å². The van der Waals surface area contributed by atoms with Gasteiger partial charge in [0.05, 0.1) is 5.02 Å². The lowest BCUT2D eigenvalue weighted by atomic mass is 10.2. The first kappa shape index (κ1) is 15.2. The Hall–Kier alpha value is -1.22. The molecule has 2 rings (SSSR count). The van der Waals surface area contributed by atoms with Gasteiger partial charge in [-0.25, -0.2) is 0 Å². The van der Waals surface area contributed by atoms with Gasteiger partial charge in [0.25, 0.3) is 0 Å². The second kappa shape index (κ2) is 6.98. The van der Waals surface area contributed by atoms with Crippen molar-refractivity contribution in [3.8, 4) is 11.5 Å². The van der Waals surface area contributed by atoms with E-state index in [0.29, 0.717) is 21.8 Å². The third-order valence-electron chi connectivity index (χ3n) is 2.76. The van der Waals surface area contributed by atoms with Crippen LogP contribution in [0.25, 0.3) is 0 Å². The Morgan fingerprint density at radius 3 is 2.35 bits per heavy atom. The Morgan fingerprint density at radius 1 is 1.05 bits per heavy atom. The maximum Gasteiger partial charge on any atom is 0.146 e.